The fraction of sp³-hybridized carbons (Fsp3) is 0.375. The van der Waals surface area contributed by atoms with E-state index < -0.39 is 5.66 Å². The highest BCUT2D eigenvalue weighted by Gasteiger charge is 2.41. The molecule has 0 radical (unpaired) electrons. The molecule has 1 heterocycles. The molecule has 0 aromatic heterocycles. The Morgan fingerprint density at radius 3 is 2.20 bits per heavy atom. The van der Waals surface area contributed by atoms with E-state index in [1.54, 1.807) is 31.4 Å². The molecule has 1 aliphatic rings. The zero-order chi connectivity index (χ0) is 22.1. The zero-order valence-electron chi connectivity index (χ0n) is 18.4. The van der Waals surface area contributed by atoms with Crippen LogP contribution in [0.5, 0.6) is 5.75 Å². The zero-order valence-corrected chi connectivity index (χ0v) is 18.4. The molecule has 2 aromatic carbocycles. The number of carbonyl (C=O) groups is 2. The Bertz CT molecular complexity index is 968. The number of nitrogens with one attached hydrogen (secondary N) is 1. The summed E-state index contributed by atoms with van der Waals surface area (Å²) in [5, 5.41) is 2.82. The highest BCUT2D eigenvalue weighted by atomic mass is 16.5. The second-order valence-electron chi connectivity index (χ2n) is 8.95. The van der Waals surface area contributed by atoms with Crippen molar-refractivity contribution in [3.05, 3.63) is 59.7 Å². The first-order chi connectivity index (χ1) is 14.0. The molecule has 0 saturated heterocycles. The first kappa shape index (κ1) is 21.6. The fourth-order valence-electron chi connectivity index (χ4n) is 3.36. The average molecular weight is 408 g/mol. The van der Waals surface area contributed by atoms with E-state index in [1.807, 2.05) is 38.1 Å². The molecule has 6 nitrogen and oxygen atoms in total. The van der Waals surface area contributed by atoms with Crippen LogP contribution in [0, 0.1) is 0 Å². The van der Waals surface area contributed by atoms with Gasteiger partial charge in [-0.2, -0.15) is 0 Å². The van der Waals surface area contributed by atoms with Crippen LogP contribution in [-0.4, -0.2) is 41.7 Å². The molecule has 30 heavy (non-hydrogen) atoms. The minimum atomic E-state index is -0.799. The lowest BCUT2D eigenvalue weighted by Crippen LogP contribution is -2.46. The number of benzene rings is 2. The third-order valence-electron chi connectivity index (χ3n) is 5.19. The molecule has 0 atom stereocenters. The number of aliphatic imine (C=N–C) groups is 1. The lowest BCUT2D eigenvalue weighted by atomic mass is 9.86. The van der Waals surface area contributed by atoms with E-state index in [2.05, 4.69) is 31.1 Å². The molecule has 0 saturated carbocycles. The summed E-state index contributed by atoms with van der Waals surface area (Å²) in [5.41, 5.74) is 2.21. The van der Waals surface area contributed by atoms with E-state index in [0.29, 0.717) is 17.1 Å². The Morgan fingerprint density at radius 2 is 1.67 bits per heavy atom. The normalized spacial score (nSPS) is 15.7. The molecular weight excluding hydrogens is 378 g/mol. The van der Waals surface area contributed by atoms with E-state index in [1.165, 1.54) is 10.5 Å². The molecule has 3 rings (SSSR count). The number of amides is 2. The minimum Gasteiger partial charge on any atom is -0.497 e. The van der Waals surface area contributed by atoms with Crippen LogP contribution in [-0.2, 0) is 15.0 Å². The van der Waals surface area contributed by atoms with Crippen LogP contribution in [0.4, 0.5) is 5.69 Å². The third kappa shape index (κ3) is 4.53. The number of nitrogens with zero attached hydrogens (tertiary/aromatic N) is 2. The van der Waals surface area contributed by atoms with Gasteiger partial charge < -0.3 is 15.0 Å². The maximum Gasteiger partial charge on any atom is 0.275 e. The summed E-state index contributed by atoms with van der Waals surface area (Å²) < 4.78 is 5.12. The van der Waals surface area contributed by atoms with Gasteiger partial charge in [0.05, 0.1) is 7.11 Å². The predicted molar refractivity (Wildman–Crippen MR) is 119 cm³/mol. The van der Waals surface area contributed by atoms with E-state index in [4.69, 9.17) is 4.74 Å². The quantitative estimate of drug-likeness (QED) is 0.814. The van der Waals surface area contributed by atoms with Gasteiger partial charge in [0, 0.05) is 11.3 Å². The molecule has 0 bridgehead atoms. The van der Waals surface area contributed by atoms with Crippen LogP contribution in [0.2, 0.25) is 0 Å². The van der Waals surface area contributed by atoms with E-state index >= 15 is 0 Å². The first-order valence-electron chi connectivity index (χ1n) is 9.98. The summed E-state index contributed by atoms with van der Waals surface area (Å²) in [6.45, 7) is 10.0. The molecule has 6 heteroatoms. The Hall–Kier alpha value is -3.15. The van der Waals surface area contributed by atoms with Crippen molar-refractivity contribution in [2.75, 3.05) is 19.0 Å². The van der Waals surface area contributed by atoms with Crippen molar-refractivity contribution < 1.29 is 14.3 Å². The van der Waals surface area contributed by atoms with Gasteiger partial charge in [-0.1, -0.05) is 45.0 Å². The Kier molecular flexibility index (Phi) is 5.70. The monoisotopic (exact) mass is 407 g/mol. The Morgan fingerprint density at radius 1 is 1.07 bits per heavy atom. The molecule has 0 fully saturated rings. The van der Waals surface area contributed by atoms with Gasteiger partial charge in [-0.25, -0.2) is 0 Å². The first-order valence-corrected chi connectivity index (χ1v) is 9.98. The van der Waals surface area contributed by atoms with Crippen LogP contribution in [0.25, 0.3) is 0 Å². The van der Waals surface area contributed by atoms with Crippen molar-refractivity contribution in [1.82, 2.24) is 4.90 Å². The number of hydrogen-bond acceptors (Lipinski definition) is 4. The lowest BCUT2D eigenvalue weighted by molar-refractivity contribution is -0.131. The third-order valence-corrected chi connectivity index (χ3v) is 5.19. The smallest absolute Gasteiger partial charge is 0.275 e. The fourth-order valence-corrected chi connectivity index (χ4v) is 3.36. The molecule has 0 spiro atoms. The van der Waals surface area contributed by atoms with E-state index in [-0.39, 0.29) is 23.8 Å². The largest absolute Gasteiger partial charge is 0.497 e. The number of carbonyl (C=O) groups excluding carboxylic acids is 2. The number of hydrogen-bond donors (Lipinski definition) is 1. The molecule has 1 aliphatic heterocycles. The van der Waals surface area contributed by atoms with Gasteiger partial charge in [0.2, 0.25) is 5.91 Å². The van der Waals surface area contributed by atoms with Crippen LogP contribution < -0.4 is 10.1 Å². The molecular formula is C24H29N3O3. The van der Waals surface area contributed by atoms with E-state index in [9.17, 15) is 9.59 Å². The van der Waals surface area contributed by atoms with Crippen molar-refractivity contribution >= 4 is 23.2 Å². The van der Waals surface area contributed by atoms with Crippen molar-refractivity contribution in [1.29, 1.82) is 0 Å². The van der Waals surface area contributed by atoms with Gasteiger partial charge in [-0.15, -0.1) is 0 Å². The molecule has 158 valence electrons. The summed E-state index contributed by atoms with van der Waals surface area (Å²) >= 11 is 0. The van der Waals surface area contributed by atoms with Crippen LogP contribution >= 0.6 is 0 Å². The summed E-state index contributed by atoms with van der Waals surface area (Å²) in [6, 6.07) is 14.9. The highest BCUT2D eigenvalue weighted by molar-refractivity contribution is 6.47. The molecule has 0 unspecified atom stereocenters. The topological polar surface area (TPSA) is 71.0 Å². The van der Waals surface area contributed by atoms with Gasteiger partial charge in [-0.3, -0.25) is 14.6 Å². The highest BCUT2D eigenvalue weighted by Crippen LogP contribution is 2.28. The molecule has 2 aromatic rings. The second-order valence-corrected chi connectivity index (χ2v) is 8.95. The van der Waals surface area contributed by atoms with Crippen LogP contribution in [0.1, 0.15) is 45.7 Å². The standard InChI is InChI=1S/C24H29N3O3/c1-23(2,3)17-9-7-16(8-10-17)21-22(29)27(24(4,5)26-21)15-20(28)25-18-11-13-19(30-6)14-12-18/h7-14H,15H2,1-6H3,(H,25,28). The number of ether oxygens (including phenoxy) is 1. The molecule has 0 aliphatic carbocycles. The lowest BCUT2D eigenvalue weighted by Gasteiger charge is -2.28. The maximum absolute atomic E-state index is 13.1. The summed E-state index contributed by atoms with van der Waals surface area (Å²) in [6.07, 6.45) is 0. The van der Waals surface area contributed by atoms with Gasteiger partial charge in [-0.05, 0) is 49.1 Å². The Balaban J connectivity index is 1.73. The van der Waals surface area contributed by atoms with Gasteiger partial charge in [0.15, 0.2) is 0 Å². The summed E-state index contributed by atoms with van der Waals surface area (Å²) in [4.78, 5) is 31.8. The van der Waals surface area contributed by atoms with Gasteiger partial charge >= 0.3 is 0 Å². The van der Waals surface area contributed by atoms with Crippen molar-refractivity contribution in [3.8, 4) is 5.75 Å². The molecule has 2 amide bonds. The number of anilines is 1. The van der Waals surface area contributed by atoms with Gasteiger partial charge in [0.25, 0.3) is 5.91 Å². The van der Waals surface area contributed by atoms with Crippen molar-refractivity contribution in [2.45, 2.75) is 45.7 Å². The molecule has 1 N–H and O–H groups in total. The Labute approximate surface area is 178 Å². The van der Waals surface area contributed by atoms with E-state index in [0.717, 1.165) is 5.56 Å². The van der Waals surface area contributed by atoms with Crippen LogP contribution in [0.3, 0.4) is 0 Å². The van der Waals surface area contributed by atoms with Crippen LogP contribution in [0.15, 0.2) is 53.5 Å². The average Bonchev–Trinajstić information content (AvgIpc) is 2.91. The number of rotatable bonds is 5. The SMILES string of the molecule is COc1ccc(NC(=O)CN2C(=O)C(c3ccc(C(C)(C)C)cc3)=NC2(C)C)cc1. The van der Waals surface area contributed by atoms with Crippen molar-refractivity contribution in [3.63, 3.8) is 0 Å². The summed E-state index contributed by atoms with van der Waals surface area (Å²) in [7, 11) is 1.59. The van der Waals surface area contributed by atoms with Gasteiger partial charge in [0.1, 0.15) is 23.7 Å². The predicted octanol–water partition coefficient (Wildman–Crippen LogP) is 4.00. The van der Waals surface area contributed by atoms with Crippen molar-refractivity contribution in [2.24, 2.45) is 4.99 Å². The second kappa shape index (κ2) is 7.94. The maximum atomic E-state index is 13.1. The summed E-state index contributed by atoms with van der Waals surface area (Å²) in [5.74, 6) is 0.189. The number of methoxy groups -OCH3 is 1. The minimum absolute atomic E-state index is 0.0326.